The van der Waals surface area contributed by atoms with Crippen LogP contribution in [0.3, 0.4) is 0 Å². The molecule has 3 rings (SSSR count). The van der Waals surface area contributed by atoms with E-state index in [1.54, 1.807) is 12.4 Å². The number of nitrogens with zero attached hydrogens (tertiary/aromatic N) is 2. The minimum absolute atomic E-state index is 0.0740. The topological polar surface area (TPSA) is 57.3 Å². The Morgan fingerprint density at radius 2 is 1.85 bits per heavy atom. The fourth-order valence-electron chi connectivity index (χ4n) is 3.19. The van der Waals surface area contributed by atoms with Gasteiger partial charge in [0.15, 0.2) is 0 Å². The Kier molecular flexibility index (Phi) is 6.47. The summed E-state index contributed by atoms with van der Waals surface area (Å²) in [6, 6.07) is 10.3. The molecule has 0 spiro atoms. The number of nitrogens with one attached hydrogen (secondary N) is 2. The van der Waals surface area contributed by atoms with Gasteiger partial charge >= 0.3 is 0 Å². The van der Waals surface area contributed by atoms with Crippen LogP contribution >= 0.6 is 0 Å². The van der Waals surface area contributed by atoms with Crippen molar-refractivity contribution >= 4 is 23.0 Å². The SMILES string of the molecule is CCCCNC(=O)c1cncc(Nc2ccc(N3CCCCC3)cc2)c1. The van der Waals surface area contributed by atoms with Gasteiger partial charge in [-0.05, 0) is 56.0 Å². The molecule has 1 saturated heterocycles. The average Bonchev–Trinajstić information content (AvgIpc) is 2.69. The second-order valence-electron chi connectivity index (χ2n) is 6.79. The molecule has 1 aromatic heterocycles. The summed E-state index contributed by atoms with van der Waals surface area (Å²) in [7, 11) is 0. The molecule has 1 aliphatic heterocycles. The molecule has 2 N–H and O–H groups in total. The molecule has 1 aromatic carbocycles. The summed E-state index contributed by atoms with van der Waals surface area (Å²) in [5.41, 5.74) is 3.67. The van der Waals surface area contributed by atoms with Crippen LogP contribution in [0.4, 0.5) is 17.1 Å². The molecular formula is C21H28N4O. The maximum atomic E-state index is 12.2. The zero-order chi connectivity index (χ0) is 18.2. The molecule has 5 heteroatoms. The lowest BCUT2D eigenvalue weighted by atomic mass is 10.1. The number of hydrogen-bond donors (Lipinski definition) is 2. The first kappa shape index (κ1) is 18.2. The molecule has 0 radical (unpaired) electrons. The van der Waals surface area contributed by atoms with Crippen LogP contribution in [0.5, 0.6) is 0 Å². The van der Waals surface area contributed by atoms with Gasteiger partial charge in [-0.25, -0.2) is 0 Å². The lowest BCUT2D eigenvalue weighted by Gasteiger charge is -2.28. The summed E-state index contributed by atoms with van der Waals surface area (Å²) in [6.07, 6.45) is 9.28. The highest BCUT2D eigenvalue weighted by Gasteiger charge is 2.11. The minimum atomic E-state index is -0.0740. The normalized spacial score (nSPS) is 14.1. The highest BCUT2D eigenvalue weighted by Crippen LogP contribution is 2.23. The van der Waals surface area contributed by atoms with Gasteiger partial charge in [0.25, 0.3) is 5.91 Å². The largest absolute Gasteiger partial charge is 0.372 e. The number of hydrogen-bond acceptors (Lipinski definition) is 4. The Labute approximate surface area is 155 Å². The van der Waals surface area contributed by atoms with Crippen LogP contribution in [0.1, 0.15) is 49.4 Å². The molecule has 0 bridgehead atoms. The molecule has 1 aliphatic rings. The van der Waals surface area contributed by atoms with Crippen molar-refractivity contribution in [2.24, 2.45) is 0 Å². The van der Waals surface area contributed by atoms with Crippen LogP contribution in [-0.4, -0.2) is 30.5 Å². The first-order valence-corrected chi connectivity index (χ1v) is 9.61. The predicted octanol–water partition coefficient (Wildman–Crippen LogP) is 4.35. The van der Waals surface area contributed by atoms with Crippen molar-refractivity contribution in [1.82, 2.24) is 10.3 Å². The summed E-state index contributed by atoms with van der Waals surface area (Å²) < 4.78 is 0. The van der Waals surface area contributed by atoms with E-state index in [-0.39, 0.29) is 5.91 Å². The molecule has 0 aliphatic carbocycles. The first-order chi connectivity index (χ1) is 12.8. The van der Waals surface area contributed by atoms with Crippen LogP contribution in [0.25, 0.3) is 0 Å². The van der Waals surface area contributed by atoms with Crippen molar-refractivity contribution in [2.45, 2.75) is 39.0 Å². The molecule has 1 amide bonds. The zero-order valence-electron chi connectivity index (χ0n) is 15.5. The monoisotopic (exact) mass is 352 g/mol. The lowest BCUT2D eigenvalue weighted by Crippen LogP contribution is -2.29. The zero-order valence-corrected chi connectivity index (χ0v) is 15.5. The van der Waals surface area contributed by atoms with Gasteiger partial charge in [0.2, 0.25) is 0 Å². The maximum Gasteiger partial charge on any atom is 0.252 e. The Morgan fingerprint density at radius 1 is 1.08 bits per heavy atom. The number of carbonyl (C=O) groups excluding carboxylic acids is 1. The van der Waals surface area contributed by atoms with Crippen LogP contribution in [-0.2, 0) is 0 Å². The van der Waals surface area contributed by atoms with E-state index in [4.69, 9.17) is 0 Å². The van der Waals surface area contributed by atoms with Crippen molar-refractivity contribution < 1.29 is 4.79 Å². The van der Waals surface area contributed by atoms with Crippen LogP contribution in [0.2, 0.25) is 0 Å². The van der Waals surface area contributed by atoms with Gasteiger partial charge in [0.1, 0.15) is 0 Å². The van der Waals surface area contributed by atoms with Gasteiger partial charge in [-0.3, -0.25) is 9.78 Å². The Balaban J connectivity index is 1.61. The number of rotatable bonds is 7. The maximum absolute atomic E-state index is 12.2. The summed E-state index contributed by atoms with van der Waals surface area (Å²) in [5.74, 6) is -0.0740. The smallest absolute Gasteiger partial charge is 0.252 e. The van der Waals surface area contributed by atoms with E-state index in [0.717, 1.165) is 37.3 Å². The fourth-order valence-corrected chi connectivity index (χ4v) is 3.19. The Bertz CT molecular complexity index is 708. The van der Waals surface area contributed by atoms with Gasteiger partial charge in [0, 0.05) is 37.2 Å². The number of amides is 1. The average molecular weight is 352 g/mol. The first-order valence-electron chi connectivity index (χ1n) is 9.61. The number of anilines is 3. The molecule has 1 fully saturated rings. The van der Waals surface area contributed by atoms with Crippen molar-refractivity contribution in [1.29, 1.82) is 0 Å². The molecule has 0 saturated carbocycles. The third kappa shape index (κ3) is 4.97. The number of benzene rings is 1. The highest BCUT2D eigenvalue weighted by molar-refractivity contribution is 5.94. The molecule has 138 valence electrons. The van der Waals surface area contributed by atoms with E-state index in [0.29, 0.717) is 12.1 Å². The van der Waals surface area contributed by atoms with Gasteiger partial charge in [-0.2, -0.15) is 0 Å². The van der Waals surface area contributed by atoms with Gasteiger partial charge in [-0.15, -0.1) is 0 Å². The van der Waals surface area contributed by atoms with Gasteiger partial charge in [0.05, 0.1) is 17.4 Å². The lowest BCUT2D eigenvalue weighted by molar-refractivity contribution is 0.0953. The van der Waals surface area contributed by atoms with Crippen molar-refractivity contribution in [3.8, 4) is 0 Å². The number of carbonyl (C=O) groups is 1. The second-order valence-corrected chi connectivity index (χ2v) is 6.79. The third-order valence-corrected chi connectivity index (χ3v) is 4.69. The fraction of sp³-hybridized carbons (Fsp3) is 0.429. The number of pyridine rings is 1. The number of piperidine rings is 1. The summed E-state index contributed by atoms with van der Waals surface area (Å²) >= 11 is 0. The van der Waals surface area contributed by atoms with E-state index in [2.05, 4.69) is 51.7 Å². The van der Waals surface area contributed by atoms with Crippen LogP contribution in [0.15, 0.2) is 42.7 Å². The minimum Gasteiger partial charge on any atom is -0.372 e. The van der Waals surface area contributed by atoms with Crippen molar-refractivity contribution in [3.05, 3.63) is 48.3 Å². The number of unbranched alkanes of at least 4 members (excludes halogenated alkanes) is 1. The summed E-state index contributed by atoms with van der Waals surface area (Å²) in [4.78, 5) is 18.8. The van der Waals surface area contributed by atoms with E-state index < -0.39 is 0 Å². The van der Waals surface area contributed by atoms with Gasteiger partial charge < -0.3 is 15.5 Å². The van der Waals surface area contributed by atoms with Crippen LogP contribution in [0, 0.1) is 0 Å². The second kappa shape index (κ2) is 9.22. The molecule has 0 unspecified atom stereocenters. The highest BCUT2D eigenvalue weighted by atomic mass is 16.1. The van der Waals surface area contributed by atoms with E-state index in [9.17, 15) is 4.79 Å². The molecular weight excluding hydrogens is 324 g/mol. The molecule has 5 nitrogen and oxygen atoms in total. The summed E-state index contributed by atoms with van der Waals surface area (Å²) in [5, 5.41) is 6.26. The van der Waals surface area contributed by atoms with Crippen LogP contribution < -0.4 is 15.5 Å². The van der Waals surface area contributed by atoms with E-state index >= 15 is 0 Å². The van der Waals surface area contributed by atoms with Gasteiger partial charge in [-0.1, -0.05) is 13.3 Å². The summed E-state index contributed by atoms with van der Waals surface area (Å²) in [6.45, 7) is 5.09. The Morgan fingerprint density at radius 3 is 2.58 bits per heavy atom. The molecule has 2 aromatic rings. The third-order valence-electron chi connectivity index (χ3n) is 4.69. The van der Waals surface area contributed by atoms with E-state index in [1.165, 1.54) is 24.9 Å². The molecule has 26 heavy (non-hydrogen) atoms. The predicted molar refractivity (Wildman–Crippen MR) is 107 cm³/mol. The van der Waals surface area contributed by atoms with Crippen molar-refractivity contribution in [2.75, 3.05) is 29.9 Å². The molecule has 0 atom stereocenters. The quantitative estimate of drug-likeness (QED) is 0.728. The van der Waals surface area contributed by atoms with Crippen molar-refractivity contribution in [3.63, 3.8) is 0 Å². The Hall–Kier alpha value is -2.56. The standard InChI is InChI=1S/C21H28N4O/c1-2-3-11-23-21(26)17-14-19(16-22-15-17)24-18-7-9-20(10-8-18)25-12-5-4-6-13-25/h7-10,14-16,24H,2-6,11-13H2,1H3,(H,23,26). The molecule has 2 heterocycles. The van der Waals surface area contributed by atoms with E-state index in [1.807, 2.05) is 6.07 Å². The number of aromatic nitrogens is 1.